The number of ether oxygens (including phenoxy) is 2. The van der Waals surface area contributed by atoms with E-state index < -0.39 is 23.8 Å². The number of esters is 1. The summed E-state index contributed by atoms with van der Waals surface area (Å²) in [4.78, 5) is 24.2. The second-order valence-electron chi connectivity index (χ2n) is 5.54. The van der Waals surface area contributed by atoms with Crippen LogP contribution in [0.25, 0.3) is 0 Å². The van der Waals surface area contributed by atoms with Crippen molar-refractivity contribution in [1.82, 2.24) is 0 Å². The molecule has 0 bridgehead atoms. The van der Waals surface area contributed by atoms with Gasteiger partial charge in [-0.05, 0) is 25.1 Å². The summed E-state index contributed by atoms with van der Waals surface area (Å²) >= 11 is 12.4. The number of hydrogen-bond acceptors (Lipinski definition) is 4. The SMILES string of the molecule is CCOC(=O)C1Cc2cc(NC(=O)c3ccccc3F)c(Cl)c(Cl)c2O1. The number of rotatable bonds is 4. The highest BCUT2D eigenvalue weighted by Gasteiger charge is 2.34. The lowest BCUT2D eigenvalue weighted by Crippen LogP contribution is -2.27. The molecule has 0 aliphatic carbocycles. The molecule has 136 valence electrons. The highest BCUT2D eigenvalue weighted by atomic mass is 35.5. The first-order chi connectivity index (χ1) is 12.4. The molecule has 0 aromatic heterocycles. The van der Waals surface area contributed by atoms with Gasteiger partial charge in [0.1, 0.15) is 16.6 Å². The van der Waals surface area contributed by atoms with Crippen LogP contribution in [-0.2, 0) is 16.0 Å². The minimum absolute atomic E-state index is 0.0413. The van der Waals surface area contributed by atoms with E-state index in [4.69, 9.17) is 32.7 Å². The summed E-state index contributed by atoms with van der Waals surface area (Å²) in [6, 6.07) is 7.13. The van der Waals surface area contributed by atoms with Gasteiger partial charge in [-0.1, -0.05) is 35.3 Å². The maximum absolute atomic E-state index is 13.8. The lowest BCUT2D eigenvalue weighted by Gasteiger charge is -2.12. The van der Waals surface area contributed by atoms with E-state index in [1.54, 1.807) is 19.1 Å². The van der Waals surface area contributed by atoms with Crippen molar-refractivity contribution in [2.24, 2.45) is 0 Å². The van der Waals surface area contributed by atoms with Gasteiger partial charge in [0, 0.05) is 12.0 Å². The van der Waals surface area contributed by atoms with Gasteiger partial charge in [-0.25, -0.2) is 9.18 Å². The van der Waals surface area contributed by atoms with Crippen LogP contribution in [0.2, 0.25) is 10.0 Å². The fourth-order valence-electron chi connectivity index (χ4n) is 2.62. The number of carbonyl (C=O) groups is 2. The summed E-state index contributed by atoms with van der Waals surface area (Å²) in [5, 5.41) is 2.65. The van der Waals surface area contributed by atoms with Gasteiger partial charge in [-0.3, -0.25) is 4.79 Å². The molecule has 5 nitrogen and oxygen atoms in total. The minimum atomic E-state index is -0.823. The number of anilines is 1. The second-order valence-corrected chi connectivity index (χ2v) is 6.29. The summed E-state index contributed by atoms with van der Waals surface area (Å²) in [6.45, 7) is 1.92. The van der Waals surface area contributed by atoms with Gasteiger partial charge in [0.15, 0.2) is 6.10 Å². The van der Waals surface area contributed by atoms with Crippen LogP contribution in [0.3, 0.4) is 0 Å². The third-order valence-corrected chi connectivity index (χ3v) is 4.67. The largest absolute Gasteiger partial charge is 0.476 e. The summed E-state index contributed by atoms with van der Waals surface area (Å²) in [5.41, 5.74) is 0.680. The molecule has 1 amide bonds. The van der Waals surface area contributed by atoms with E-state index in [-0.39, 0.29) is 40.1 Å². The van der Waals surface area contributed by atoms with Crippen molar-refractivity contribution in [3.8, 4) is 5.75 Å². The summed E-state index contributed by atoms with van der Waals surface area (Å²) in [6.07, 6.45) is -0.593. The molecule has 0 saturated carbocycles. The fraction of sp³-hybridized carbons (Fsp3) is 0.222. The molecule has 0 spiro atoms. The molecule has 1 heterocycles. The Hall–Kier alpha value is -2.31. The van der Waals surface area contributed by atoms with Crippen LogP contribution in [0.15, 0.2) is 30.3 Å². The van der Waals surface area contributed by atoms with Crippen molar-refractivity contribution in [2.45, 2.75) is 19.4 Å². The van der Waals surface area contributed by atoms with E-state index in [0.29, 0.717) is 5.56 Å². The topological polar surface area (TPSA) is 64.6 Å². The van der Waals surface area contributed by atoms with Gasteiger partial charge in [0.25, 0.3) is 5.91 Å². The smallest absolute Gasteiger partial charge is 0.347 e. The van der Waals surface area contributed by atoms with Crippen LogP contribution in [0.1, 0.15) is 22.8 Å². The van der Waals surface area contributed by atoms with Crippen LogP contribution in [0, 0.1) is 5.82 Å². The molecule has 1 unspecified atom stereocenters. The predicted octanol–water partition coefficient (Wildman–Crippen LogP) is 4.25. The Labute approximate surface area is 159 Å². The van der Waals surface area contributed by atoms with Gasteiger partial charge in [0.05, 0.1) is 22.9 Å². The zero-order chi connectivity index (χ0) is 18.8. The van der Waals surface area contributed by atoms with Gasteiger partial charge >= 0.3 is 5.97 Å². The molecule has 1 aliphatic rings. The Morgan fingerprint density at radius 3 is 2.73 bits per heavy atom. The van der Waals surface area contributed by atoms with E-state index in [0.717, 1.165) is 0 Å². The molecule has 3 rings (SSSR count). The lowest BCUT2D eigenvalue weighted by molar-refractivity contribution is -0.150. The van der Waals surface area contributed by atoms with Crippen molar-refractivity contribution in [3.63, 3.8) is 0 Å². The summed E-state index contributed by atoms with van der Waals surface area (Å²) in [5.74, 6) is -1.55. The van der Waals surface area contributed by atoms with E-state index in [1.807, 2.05) is 0 Å². The predicted molar refractivity (Wildman–Crippen MR) is 95.6 cm³/mol. The number of benzene rings is 2. The molecule has 1 N–H and O–H groups in total. The number of halogens is 3. The van der Waals surface area contributed by atoms with Gasteiger partial charge in [-0.2, -0.15) is 0 Å². The van der Waals surface area contributed by atoms with E-state index >= 15 is 0 Å². The van der Waals surface area contributed by atoms with Crippen molar-refractivity contribution < 1.29 is 23.5 Å². The zero-order valence-corrected chi connectivity index (χ0v) is 15.2. The molecule has 26 heavy (non-hydrogen) atoms. The van der Waals surface area contributed by atoms with Gasteiger partial charge < -0.3 is 14.8 Å². The molecule has 1 atom stereocenters. The van der Waals surface area contributed by atoms with E-state index in [2.05, 4.69) is 5.32 Å². The fourth-order valence-corrected chi connectivity index (χ4v) is 3.07. The summed E-state index contributed by atoms with van der Waals surface area (Å²) in [7, 11) is 0. The van der Waals surface area contributed by atoms with Crippen LogP contribution in [-0.4, -0.2) is 24.6 Å². The maximum Gasteiger partial charge on any atom is 0.347 e. The lowest BCUT2D eigenvalue weighted by atomic mass is 10.1. The normalized spacial score (nSPS) is 15.2. The van der Waals surface area contributed by atoms with Crippen LogP contribution >= 0.6 is 23.2 Å². The van der Waals surface area contributed by atoms with Gasteiger partial charge in [-0.15, -0.1) is 0 Å². The average Bonchev–Trinajstić information content (AvgIpc) is 3.04. The van der Waals surface area contributed by atoms with E-state index in [1.165, 1.54) is 18.2 Å². The first kappa shape index (κ1) is 18.5. The first-order valence-electron chi connectivity index (χ1n) is 7.82. The Bertz CT molecular complexity index is 888. The number of carbonyl (C=O) groups excluding carboxylic acids is 2. The molecule has 8 heteroatoms. The van der Waals surface area contributed by atoms with Gasteiger partial charge in [0.2, 0.25) is 0 Å². The number of nitrogens with one attached hydrogen (secondary N) is 1. The van der Waals surface area contributed by atoms with Crippen LogP contribution in [0.5, 0.6) is 5.75 Å². The van der Waals surface area contributed by atoms with E-state index in [9.17, 15) is 14.0 Å². The molecule has 1 aliphatic heterocycles. The molecular weight excluding hydrogens is 384 g/mol. The minimum Gasteiger partial charge on any atom is -0.476 e. The zero-order valence-electron chi connectivity index (χ0n) is 13.6. The standard InChI is InChI=1S/C18H14Cl2FNO4/c1-2-25-18(24)13-8-9-7-12(14(19)15(20)16(9)26-13)22-17(23)10-5-3-4-6-11(10)21/h3-7,13H,2,8H2,1H3,(H,22,23). The van der Waals surface area contributed by atoms with Crippen molar-refractivity contribution >= 4 is 40.8 Å². The third kappa shape index (κ3) is 3.48. The van der Waals surface area contributed by atoms with Crippen molar-refractivity contribution in [3.05, 3.63) is 57.3 Å². The quantitative estimate of drug-likeness (QED) is 0.783. The first-order valence-corrected chi connectivity index (χ1v) is 8.58. The molecule has 2 aromatic rings. The molecule has 2 aromatic carbocycles. The molecule has 0 saturated heterocycles. The Kier molecular flexibility index (Phi) is 5.34. The second kappa shape index (κ2) is 7.51. The highest BCUT2D eigenvalue weighted by molar-refractivity contribution is 6.45. The van der Waals surface area contributed by atoms with Crippen molar-refractivity contribution in [1.29, 1.82) is 0 Å². The Morgan fingerprint density at radius 1 is 1.31 bits per heavy atom. The average molecular weight is 398 g/mol. The van der Waals surface area contributed by atoms with Crippen molar-refractivity contribution in [2.75, 3.05) is 11.9 Å². The molecule has 0 radical (unpaired) electrons. The highest BCUT2D eigenvalue weighted by Crippen LogP contribution is 2.44. The Morgan fingerprint density at radius 2 is 2.04 bits per heavy atom. The molecular formula is C18H14Cl2FNO4. The number of fused-ring (bicyclic) bond motifs is 1. The number of hydrogen-bond donors (Lipinski definition) is 1. The van der Waals surface area contributed by atoms with Crippen LogP contribution in [0.4, 0.5) is 10.1 Å². The Balaban J connectivity index is 1.87. The van der Waals surface area contributed by atoms with Crippen LogP contribution < -0.4 is 10.1 Å². The summed E-state index contributed by atoms with van der Waals surface area (Å²) < 4.78 is 24.2. The third-order valence-electron chi connectivity index (χ3n) is 3.82. The molecule has 0 fully saturated rings. The monoisotopic (exact) mass is 397 g/mol. The maximum atomic E-state index is 13.8. The number of amides is 1.